The molecule has 0 radical (unpaired) electrons. The van der Waals surface area contributed by atoms with Gasteiger partial charge in [0.25, 0.3) is 5.95 Å². The molecule has 0 saturated carbocycles. The molecule has 0 spiro atoms. The maximum atomic E-state index is 13.5. The van der Waals surface area contributed by atoms with Crippen molar-refractivity contribution in [3.05, 3.63) is 18.0 Å². The van der Waals surface area contributed by atoms with E-state index < -0.39 is 67.0 Å². The molecule has 2 aromatic heterocycles. The normalized spacial score (nSPS) is 15.1. The Bertz CT molecular complexity index is 866. The second kappa shape index (κ2) is 8.37. The molecule has 0 saturated heterocycles. The molecule has 0 fully saturated rings. The third kappa shape index (κ3) is 5.46. The number of rotatable bonds is 6. The van der Waals surface area contributed by atoms with Gasteiger partial charge in [-0.15, -0.1) is 0 Å². The molecule has 0 aliphatic rings. The van der Waals surface area contributed by atoms with Gasteiger partial charge >= 0.3 is 18.5 Å². The molecule has 0 bridgehead atoms. The van der Waals surface area contributed by atoms with Gasteiger partial charge in [-0.05, 0) is 18.9 Å². The minimum Gasteiger partial charge on any atom is -0.368 e. The average Bonchev–Trinajstić information content (AvgIpc) is 3.09. The topological polar surface area (TPSA) is 85.8 Å². The van der Waals surface area contributed by atoms with E-state index in [2.05, 4.69) is 20.1 Å². The van der Waals surface area contributed by atoms with Crippen LogP contribution in [0.3, 0.4) is 0 Å². The van der Waals surface area contributed by atoms with Gasteiger partial charge in [0.1, 0.15) is 12.1 Å². The summed E-state index contributed by atoms with van der Waals surface area (Å²) in [6.07, 6.45) is -15.9. The fraction of sp³-hybridized carbons (Fsp3) is 0.600. The lowest BCUT2D eigenvalue weighted by atomic mass is 10.1. The molecule has 2 heterocycles. The number of halogens is 9. The zero-order chi connectivity index (χ0) is 23.8. The third-order valence-electron chi connectivity index (χ3n) is 4.15. The highest BCUT2D eigenvalue weighted by atomic mass is 19.4. The lowest BCUT2D eigenvalue weighted by Crippen LogP contribution is -2.56. The van der Waals surface area contributed by atoms with Gasteiger partial charge in [-0.1, -0.05) is 13.8 Å². The molecule has 2 aromatic rings. The van der Waals surface area contributed by atoms with Gasteiger partial charge in [0.05, 0.1) is 0 Å². The SMILES string of the molecule is CC[C@H](N(c1nc(N)nc(-n2ccc(C(F)(F)F)n2)n1)[C@@H](CC)C(F)(F)F)C(F)(F)F. The maximum absolute atomic E-state index is 13.5. The summed E-state index contributed by atoms with van der Waals surface area (Å²) in [4.78, 5) is 10.3. The molecule has 0 aromatic carbocycles. The van der Waals surface area contributed by atoms with Crippen molar-refractivity contribution in [3.63, 3.8) is 0 Å². The van der Waals surface area contributed by atoms with Crippen molar-refractivity contribution in [1.29, 1.82) is 0 Å². The van der Waals surface area contributed by atoms with Gasteiger partial charge in [-0.25, -0.2) is 4.68 Å². The van der Waals surface area contributed by atoms with Crippen LogP contribution in [-0.4, -0.2) is 49.2 Å². The summed E-state index contributed by atoms with van der Waals surface area (Å²) in [5.74, 6) is -2.68. The van der Waals surface area contributed by atoms with E-state index in [4.69, 9.17) is 5.73 Å². The van der Waals surface area contributed by atoms with E-state index in [9.17, 15) is 39.5 Å². The molecule has 0 unspecified atom stereocenters. The van der Waals surface area contributed by atoms with E-state index in [1.165, 1.54) is 0 Å². The van der Waals surface area contributed by atoms with Gasteiger partial charge in [0, 0.05) is 6.20 Å². The van der Waals surface area contributed by atoms with Crippen LogP contribution in [0.15, 0.2) is 12.3 Å². The van der Waals surface area contributed by atoms with Crippen LogP contribution >= 0.6 is 0 Å². The Morgan fingerprint density at radius 1 is 0.903 bits per heavy atom. The predicted molar refractivity (Wildman–Crippen MR) is 89.1 cm³/mol. The van der Waals surface area contributed by atoms with E-state index in [1.54, 1.807) is 0 Å². The second-order valence-corrected chi connectivity index (χ2v) is 6.28. The van der Waals surface area contributed by atoms with Gasteiger partial charge in [0.15, 0.2) is 5.69 Å². The number of nitrogens with two attached hydrogens (primary N) is 1. The molecule has 2 atom stereocenters. The molecule has 7 nitrogen and oxygen atoms in total. The van der Waals surface area contributed by atoms with Crippen LogP contribution in [0.1, 0.15) is 32.4 Å². The maximum Gasteiger partial charge on any atom is 0.435 e. The summed E-state index contributed by atoms with van der Waals surface area (Å²) in [5, 5.41) is 3.14. The summed E-state index contributed by atoms with van der Waals surface area (Å²) >= 11 is 0. The Labute approximate surface area is 169 Å². The molecule has 0 aliphatic carbocycles. The number of alkyl halides is 9. The van der Waals surface area contributed by atoms with Crippen molar-refractivity contribution >= 4 is 11.9 Å². The molecular formula is C15H16F9N7. The minimum absolute atomic E-state index is 0.0876. The lowest BCUT2D eigenvalue weighted by Gasteiger charge is -2.39. The molecule has 174 valence electrons. The minimum atomic E-state index is -5.11. The first-order valence-corrected chi connectivity index (χ1v) is 8.66. The predicted octanol–water partition coefficient (Wildman–Crippen LogP) is 4.15. The first-order valence-electron chi connectivity index (χ1n) is 8.66. The molecule has 2 N–H and O–H groups in total. The van der Waals surface area contributed by atoms with E-state index in [0.29, 0.717) is 10.7 Å². The number of anilines is 2. The molecule has 0 amide bonds. The molecule has 16 heteroatoms. The number of nitrogen functional groups attached to an aromatic ring is 1. The van der Waals surface area contributed by atoms with Crippen molar-refractivity contribution < 1.29 is 39.5 Å². The fourth-order valence-corrected chi connectivity index (χ4v) is 2.84. The molecule has 2 rings (SSSR count). The van der Waals surface area contributed by atoms with Gasteiger partial charge in [0.2, 0.25) is 11.9 Å². The van der Waals surface area contributed by atoms with Gasteiger partial charge < -0.3 is 10.6 Å². The first-order chi connectivity index (χ1) is 14.1. The van der Waals surface area contributed by atoms with Crippen LogP contribution in [0.4, 0.5) is 51.4 Å². The largest absolute Gasteiger partial charge is 0.435 e. The first kappa shape index (κ1) is 24.5. The van der Waals surface area contributed by atoms with Crippen molar-refractivity contribution in [2.75, 3.05) is 10.6 Å². The number of nitrogens with zero attached hydrogens (tertiary/aromatic N) is 6. The van der Waals surface area contributed by atoms with E-state index in [1.807, 2.05) is 0 Å². The summed E-state index contributed by atoms with van der Waals surface area (Å²) < 4.78 is 120. The average molecular weight is 465 g/mol. The van der Waals surface area contributed by atoms with E-state index in [0.717, 1.165) is 20.0 Å². The zero-order valence-electron chi connectivity index (χ0n) is 15.9. The lowest BCUT2D eigenvalue weighted by molar-refractivity contribution is -0.175. The van der Waals surface area contributed by atoms with Crippen LogP contribution in [0.2, 0.25) is 0 Å². The van der Waals surface area contributed by atoms with Crippen molar-refractivity contribution in [1.82, 2.24) is 24.7 Å². The Kier molecular flexibility index (Phi) is 6.61. The smallest absolute Gasteiger partial charge is 0.368 e. The monoisotopic (exact) mass is 465 g/mol. The van der Waals surface area contributed by atoms with Crippen LogP contribution in [0.25, 0.3) is 5.95 Å². The quantitative estimate of drug-likeness (QED) is 0.646. The Hall–Kier alpha value is -2.81. The summed E-state index contributed by atoms with van der Waals surface area (Å²) in [6.45, 7) is 2.03. The van der Waals surface area contributed by atoms with Crippen LogP contribution in [-0.2, 0) is 6.18 Å². The highest BCUT2D eigenvalue weighted by molar-refractivity contribution is 5.41. The summed E-state index contributed by atoms with van der Waals surface area (Å²) in [6, 6.07) is -4.79. The zero-order valence-corrected chi connectivity index (χ0v) is 15.9. The van der Waals surface area contributed by atoms with E-state index in [-0.39, 0.29) is 4.90 Å². The number of aromatic nitrogens is 5. The van der Waals surface area contributed by atoms with Crippen LogP contribution < -0.4 is 10.6 Å². The number of hydrogen-bond donors (Lipinski definition) is 1. The van der Waals surface area contributed by atoms with E-state index >= 15 is 0 Å². The van der Waals surface area contributed by atoms with Gasteiger partial charge in [-0.2, -0.15) is 59.6 Å². The second-order valence-electron chi connectivity index (χ2n) is 6.28. The van der Waals surface area contributed by atoms with Gasteiger partial charge in [-0.3, -0.25) is 0 Å². The molecular weight excluding hydrogens is 449 g/mol. The molecule has 31 heavy (non-hydrogen) atoms. The number of hydrogen-bond acceptors (Lipinski definition) is 6. The molecule has 0 aliphatic heterocycles. The Balaban J connectivity index is 2.67. The third-order valence-corrected chi connectivity index (χ3v) is 4.15. The van der Waals surface area contributed by atoms with Crippen molar-refractivity contribution in [2.24, 2.45) is 0 Å². The van der Waals surface area contributed by atoms with Crippen LogP contribution in [0, 0.1) is 0 Å². The van der Waals surface area contributed by atoms with Crippen molar-refractivity contribution in [3.8, 4) is 5.95 Å². The standard InChI is InChI=1S/C15H16F9N7/c1-3-8(14(19,20)21)31(9(4-2)15(22,23)24)12-27-10(25)26-11(28-12)30-6-5-7(29-30)13(16,17)18/h5-6,8-9H,3-4H2,1-2H3,(H2,25,26,27,28)/t8-,9-/m0/s1. The fourth-order valence-electron chi connectivity index (χ4n) is 2.84. The van der Waals surface area contributed by atoms with Crippen LogP contribution in [0.5, 0.6) is 0 Å². The Morgan fingerprint density at radius 2 is 1.42 bits per heavy atom. The Morgan fingerprint density at radius 3 is 1.81 bits per heavy atom. The van der Waals surface area contributed by atoms with Crippen molar-refractivity contribution in [2.45, 2.75) is 57.3 Å². The summed E-state index contributed by atoms with van der Waals surface area (Å²) in [5.41, 5.74) is 4.03. The summed E-state index contributed by atoms with van der Waals surface area (Å²) in [7, 11) is 0. The highest BCUT2D eigenvalue weighted by Gasteiger charge is 2.52. The highest BCUT2D eigenvalue weighted by Crippen LogP contribution is 2.37.